The van der Waals surface area contributed by atoms with Crippen LogP contribution in [0.1, 0.15) is 23.7 Å². The van der Waals surface area contributed by atoms with Crippen molar-refractivity contribution in [3.05, 3.63) is 60.2 Å². The molecule has 0 saturated carbocycles. The number of hydrogen-bond acceptors (Lipinski definition) is 12. The average Bonchev–Trinajstić information content (AvgIpc) is 3.07. The Hall–Kier alpha value is -3.14. The molecular formula is C33H49N3O10. The molecule has 2 rings (SSSR count). The van der Waals surface area contributed by atoms with Gasteiger partial charge in [0.2, 0.25) is 0 Å². The van der Waals surface area contributed by atoms with Crippen molar-refractivity contribution in [1.82, 2.24) is 5.32 Å². The van der Waals surface area contributed by atoms with Crippen LogP contribution < -0.4 is 5.32 Å². The van der Waals surface area contributed by atoms with E-state index in [-0.39, 0.29) is 11.7 Å². The molecule has 0 aliphatic carbocycles. The van der Waals surface area contributed by atoms with Crippen molar-refractivity contribution in [1.29, 1.82) is 0 Å². The monoisotopic (exact) mass is 647 g/mol. The van der Waals surface area contributed by atoms with E-state index >= 15 is 0 Å². The second-order valence-corrected chi connectivity index (χ2v) is 9.69. The number of nitrogens with one attached hydrogen (secondary N) is 1. The highest BCUT2D eigenvalue weighted by Crippen LogP contribution is 2.18. The Kier molecular flexibility index (Phi) is 23.9. The molecular weight excluding hydrogens is 598 g/mol. The number of ketones is 1. The van der Waals surface area contributed by atoms with Gasteiger partial charge in [0, 0.05) is 18.5 Å². The van der Waals surface area contributed by atoms with Crippen LogP contribution in [-0.2, 0) is 42.7 Å². The van der Waals surface area contributed by atoms with Crippen molar-refractivity contribution < 1.29 is 47.5 Å². The minimum Gasteiger partial charge on any atom is -0.379 e. The quantitative estimate of drug-likeness (QED) is 0.0978. The van der Waals surface area contributed by atoms with E-state index in [9.17, 15) is 9.59 Å². The predicted octanol–water partition coefficient (Wildman–Crippen LogP) is 3.94. The fourth-order valence-corrected chi connectivity index (χ4v) is 3.49. The van der Waals surface area contributed by atoms with Gasteiger partial charge in [-0.15, -0.1) is 0 Å². The van der Waals surface area contributed by atoms with Gasteiger partial charge in [-0.1, -0.05) is 18.2 Å². The van der Waals surface area contributed by atoms with Crippen LogP contribution >= 0.6 is 0 Å². The van der Waals surface area contributed by atoms with E-state index in [1.807, 2.05) is 30.3 Å². The Morgan fingerprint density at radius 1 is 0.500 bits per heavy atom. The molecule has 2 aromatic rings. The number of azo groups is 1. The van der Waals surface area contributed by atoms with Gasteiger partial charge < -0.3 is 43.2 Å². The molecule has 1 amide bonds. The number of nitrogens with zero attached hydrogens (tertiary/aromatic N) is 2. The molecule has 0 saturated heterocycles. The first-order chi connectivity index (χ1) is 22.6. The molecule has 0 bridgehead atoms. The Morgan fingerprint density at radius 2 is 0.870 bits per heavy atom. The fourth-order valence-electron chi connectivity index (χ4n) is 3.49. The molecule has 0 fully saturated rings. The van der Waals surface area contributed by atoms with Gasteiger partial charge >= 0.3 is 0 Å². The summed E-state index contributed by atoms with van der Waals surface area (Å²) >= 11 is 0. The molecule has 256 valence electrons. The maximum absolute atomic E-state index is 12.3. The van der Waals surface area contributed by atoms with Crippen molar-refractivity contribution in [2.45, 2.75) is 13.3 Å². The number of Topliss-reactive ketones (excluding diaryl/α,β-unsaturated/α-hetero) is 1. The number of rotatable bonds is 30. The molecule has 0 unspecified atom stereocenters. The van der Waals surface area contributed by atoms with Crippen LogP contribution in [0.4, 0.5) is 11.4 Å². The van der Waals surface area contributed by atoms with Crippen LogP contribution in [0, 0.1) is 0 Å². The molecule has 0 aliphatic rings. The minimum atomic E-state index is -0.176. The highest BCUT2D eigenvalue weighted by molar-refractivity contribution is 5.94. The first kappa shape index (κ1) is 39.0. The maximum atomic E-state index is 12.3. The summed E-state index contributed by atoms with van der Waals surface area (Å²) in [6.45, 7) is 9.41. The summed E-state index contributed by atoms with van der Waals surface area (Å²) in [4.78, 5) is 23.1. The summed E-state index contributed by atoms with van der Waals surface area (Å²) in [5, 5.41) is 11.2. The molecule has 13 nitrogen and oxygen atoms in total. The number of carbonyl (C=O) groups is 2. The third-order valence-corrected chi connectivity index (χ3v) is 5.90. The van der Waals surface area contributed by atoms with Gasteiger partial charge in [-0.25, -0.2) is 0 Å². The van der Waals surface area contributed by atoms with Crippen molar-refractivity contribution in [2.75, 3.05) is 112 Å². The van der Waals surface area contributed by atoms with E-state index < -0.39 is 0 Å². The average molecular weight is 648 g/mol. The van der Waals surface area contributed by atoms with Gasteiger partial charge in [0.1, 0.15) is 5.78 Å². The van der Waals surface area contributed by atoms with Crippen LogP contribution in [0.2, 0.25) is 0 Å². The lowest BCUT2D eigenvalue weighted by molar-refractivity contribution is -0.118. The Balaban J connectivity index is 1.26. The summed E-state index contributed by atoms with van der Waals surface area (Å²) in [6, 6.07) is 16.4. The van der Waals surface area contributed by atoms with Gasteiger partial charge in [0.15, 0.2) is 0 Å². The van der Waals surface area contributed by atoms with Crippen LogP contribution in [0.15, 0.2) is 64.8 Å². The van der Waals surface area contributed by atoms with Crippen LogP contribution in [-0.4, -0.2) is 124 Å². The van der Waals surface area contributed by atoms with Crippen LogP contribution in [0.5, 0.6) is 0 Å². The van der Waals surface area contributed by atoms with Gasteiger partial charge in [-0.2, -0.15) is 10.2 Å². The molecule has 0 atom stereocenters. The summed E-state index contributed by atoms with van der Waals surface area (Å²) in [6.07, 6.45) is 0.437. The van der Waals surface area contributed by atoms with Crippen molar-refractivity contribution in [3.63, 3.8) is 0 Å². The second kappa shape index (κ2) is 28.1. The first-order valence-corrected chi connectivity index (χ1v) is 15.6. The zero-order valence-corrected chi connectivity index (χ0v) is 26.9. The van der Waals surface area contributed by atoms with E-state index in [4.69, 9.17) is 37.9 Å². The molecule has 1 N–H and O–H groups in total. The maximum Gasteiger partial charge on any atom is 0.251 e. The number of ether oxygens (including phenoxy) is 8. The third kappa shape index (κ3) is 22.4. The van der Waals surface area contributed by atoms with E-state index in [0.717, 1.165) is 5.69 Å². The van der Waals surface area contributed by atoms with E-state index in [1.54, 1.807) is 31.2 Å². The lowest BCUT2D eigenvalue weighted by Crippen LogP contribution is -2.27. The highest BCUT2D eigenvalue weighted by atomic mass is 16.6. The van der Waals surface area contributed by atoms with E-state index in [0.29, 0.717) is 130 Å². The fraction of sp³-hybridized carbons (Fsp3) is 0.576. The number of hydrogen-bond donors (Lipinski definition) is 1. The Bertz CT molecular complexity index is 1060. The first-order valence-electron chi connectivity index (χ1n) is 15.6. The van der Waals surface area contributed by atoms with Gasteiger partial charge in [0.05, 0.1) is 117 Å². The second-order valence-electron chi connectivity index (χ2n) is 9.69. The summed E-state index contributed by atoms with van der Waals surface area (Å²) in [7, 11) is 0. The molecule has 13 heteroatoms. The van der Waals surface area contributed by atoms with Crippen molar-refractivity contribution in [2.24, 2.45) is 10.2 Å². The zero-order chi connectivity index (χ0) is 32.8. The predicted molar refractivity (Wildman–Crippen MR) is 171 cm³/mol. The zero-order valence-electron chi connectivity index (χ0n) is 26.9. The SMILES string of the molecule is CC(=O)CCOCCOCCOCCOCCOCCOCCOCCOCCNC(=O)c1ccc(/N=N/c2ccccc2)cc1. The summed E-state index contributed by atoms with van der Waals surface area (Å²) < 4.78 is 43.4. The molecule has 0 heterocycles. The number of amides is 1. The summed E-state index contributed by atoms with van der Waals surface area (Å²) in [5.41, 5.74) is 1.98. The largest absolute Gasteiger partial charge is 0.379 e. The molecule has 0 aliphatic heterocycles. The highest BCUT2D eigenvalue weighted by Gasteiger charge is 2.04. The molecule has 0 aromatic heterocycles. The van der Waals surface area contributed by atoms with Crippen molar-refractivity contribution in [3.8, 4) is 0 Å². The Morgan fingerprint density at radius 3 is 1.28 bits per heavy atom. The van der Waals surface area contributed by atoms with Crippen molar-refractivity contribution >= 4 is 23.1 Å². The standard InChI is InChI=1S/C33H49N3O10/c1-29(37)11-13-39-15-17-41-19-21-43-23-25-45-27-28-46-26-24-44-22-20-42-18-16-40-14-12-34-33(38)30-7-9-32(10-8-30)36-35-31-5-3-2-4-6-31/h2-10H,11-28H2,1H3,(H,34,38)/b36-35+. The normalized spacial score (nSPS) is 11.3. The van der Waals surface area contributed by atoms with Gasteiger partial charge in [-0.3, -0.25) is 9.59 Å². The van der Waals surface area contributed by atoms with Crippen LogP contribution in [0.25, 0.3) is 0 Å². The van der Waals surface area contributed by atoms with Gasteiger partial charge in [-0.05, 0) is 43.3 Å². The van der Waals surface area contributed by atoms with Gasteiger partial charge in [0.25, 0.3) is 5.91 Å². The summed E-state index contributed by atoms with van der Waals surface area (Å²) in [5.74, 6) is -0.0543. The Labute approximate surface area is 271 Å². The number of carbonyl (C=O) groups excluding carboxylic acids is 2. The topological polar surface area (TPSA) is 145 Å². The minimum absolute atomic E-state index is 0.121. The smallest absolute Gasteiger partial charge is 0.251 e. The van der Waals surface area contributed by atoms with E-state index in [2.05, 4.69) is 15.5 Å². The molecule has 0 spiro atoms. The lowest BCUT2D eigenvalue weighted by atomic mass is 10.2. The molecule has 46 heavy (non-hydrogen) atoms. The third-order valence-electron chi connectivity index (χ3n) is 5.90. The van der Waals surface area contributed by atoms with E-state index in [1.165, 1.54) is 0 Å². The number of benzene rings is 2. The lowest BCUT2D eigenvalue weighted by Gasteiger charge is -2.09. The molecule has 2 aromatic carbocycles. The van der Waals surface area contributed by atoms with Crippen LogP contribution in [0.3, 0.4) is 0 Å². The molecule has 0 radical (unpaired) electrons.